The molecule has 1 saturated heterocycles. The molecule has 2 aliphatic rings. The van der Waals surface area contributed by atoms with Crippen LogP contribution in [-0.4, -0.2) is 42.2 Å². The molecule has 4 nitrogen and oxygen atoms in total. The number of nitrogens with zero attached hydrogens (tertiary/aromatic N) is 2. The summed E-state index contributed by atoms with van der Waals surface area (Å²) in [6.45, 7) is 0.522. The summed E-state index contributed by atoms with van der Waals surface area (Å²) in [5.41, 5.74) is 4.09. The second kappa shape index (κ2) is 8.02. The van der Waals surface area contributed by atoms with Gasteiger partial charge in [0.1, 0.15) is 11.6 Å². The summed E-state index contributed by atoms with van der Waals surface area (Å²) in [6.07, 6.45) is 0.751. The largest absolute Gasteiger partial charge is 0.394 e. The summed E-state index contributed by atoms with van der Waals surface area (Å²) in [4.78, 5) is 17.3. The first-order chi connectivity index (χ1) is 15.5. The van der Waals surface area contributed by atoms with E-state index in [0.717, 1.165) is 28.8 Å². The minimum atomic E-state index is -0.442. The van der Waals surface area contributed by atoms with Crippen LogP contribution in [0.3, 0.4) is 0 Å². The molecule has 3 aromatic rings. The fourth-order valence-corrected chi connectivity index (χ4v) is 5.29. The number of hydrogen-bond acceptors (Lipinski definition) is 3. The first-order valence-electron chi connectivity index (χ1n) is 10.8. The molecule has 1 N–H and O–H groups in total. The second-order valence-corrected chi connectivity index (χ2v) is 8.55. The van der Waals surface area contributed by atoms with Crippen LogP contribution in [0.5, 0.6) is 0 Å². The lowest BCUT2D eigenvalue weighted by Crippen LogP contribution is -2.48. The van der Waals surface area contributed by atoms with Gasteiger partial charge in [0, 0.05) is 30.8 Å². The summed E-state index contributed by atoms with van der Waals surface area (Å²) < 4.78 is 27.2. The van der Waals surface area contributed by atoms with E-state index in [1.807, 2.05) is 24.1 Å². The lowest BCUT2D eigenvalue weighted by atomic mass is 9.81. The number of aliphatic hydroxyl groups excluding tert-OH is 1. The molecule has 0 spiro atoms. The molecule has 0 bridgehead atoms. The van der Waals surface area contributed by atoms with Gasteiger partial charge in [-0.05, 0) is 65.6 Å². The highest BCUT2D eigenvalue weighted by atomic mass is 19.1. The van der Waals surface area contributed by atoms with E-state index < -0.39 is 5.82 Å². The van der Waals surface area contributed by atoms with Gasteiger partial charge >= 0.3 is 0 Å². The van der Waals surface area contributed by atoms with Gasteiger partial charge < -0.3 is 14.9 Å². The number of halogens is 2. The number of carbonyl (C=O) groups is 1. The molecule has 164 valence electrons. The van der Waals surface area contributed by atoms with Crippen LogP contribution in [0.15, 0.2) is 66.7 Å². The van der Waals surface area contributed by atoms with Crippen LogP contribution in [0.25, 0.3) is 11.1 Å². The Kier molecular flexibility index (Phi) is 5.18. The zero-order valence-corrected chi connectivity index (χ0v) is 17.7. The van der Waals surface area contributed by atoms with Crippen LogP contribution < -0.4 is 4.90 Å². The second-order valence-electron chi connectivity index (χ2n) is 8.55. The SMILES string of the molecule is CN1c2ccc(-c3ccc(F)cc3)cc2[C@@H]2[C@@H](CCN2C(=O)c2cccc(F)c2)[C@H]1CO. The standard InChI is InChI=1S/C26H24F2N2O2/c1-29-23-10-7-17(16-5-8-19(27)9-6-16)14-22(23)25-21(24(29)15-31)11-12-30(25)26(32)18-3-2-4-20(28)13-18/h2-10,13-14,21,24-25,31H,11-12,15H2,1H3/t21-,24+,25-/m0/s1. The number of rotatable bonds is 3. The number of benzene rings is 3. The van der Waals surface area contributed by atoms with Crippen molar-refractivity contribution >= 4 is 11.6 Å². The summed E-state index contributed by atoms with van der Waals surface area (Å²) in [5.74, 6) is -0.892. The first-order valence-corrected chi connectivity index (χ1v) is 10.8. The molecule has 2 heterocycles. The van der Waals surface area contributed by atoms with Gasteiger partial charge in [0.2, 0.25) is 0 Å². The van der Waals surface area contributed by atoms with E-state index >= 15 is 0 Å². The fourth-order valence-electron chi connectivity index (χ4n) is 5.29. The molecule has 1 amide bonds. The number of anilines is 1. The minimum absolute atomic E-state index is 0.0151. The van der Waals surface area contributed by atoms with Gasteiger partial charge in [-0.25, -0.2) is 8.78 Å². The highest BCUT2D eigenvalue weighted by molar-refractivity contribution is 5.95. The third-order valence-corrected chi connectivity index (χ3v) is 6.86. The van der Waals surface area contributed by atoms with Gasteiger partial charge in [0.05, 0.1) is 18.7 Å². The van der Waals surface area contributed by atoms with Gasteiger partial charge in [-0.1, -0.05) is 24.3 Å². The van der Waals surface area contributed by atoms with Gasteiger partial charge in [0.15, 0.2) is 0 Å². The molecule has 3 atom stereocenters. The van der Waals surface area contributed by atoms with E-state index in [0.29, 0.717) is 12.1 Å². The van der Waals surface area contributed by atoms with E-state index in [2.05, 4.69) is 11.0 Å². The number of amides is 1. The molecule has 0 radical (unpaired) electrons. The zero-order valence-electron chi connectivity index (χ0n) is 17.7. The number of fused-ring (bicyclic) bond motifs is 3. The lowest BCUT2D eigenvalue weighted by Gasteiger charge is -2.44. The van der Waals surface area contributed by atoms with E-state index in [-0.39, 0.29) is 36.3 Å². The van der Waals surface area contributed by atoms with Crippen LogP contribution in [0, 0.1) is 17.6 Å². The van der Waals surface area contributed by atoms with Crippen molar-refractivity contribution in [2.75, 3.05) is 25.1 Å². The Balaban J connectivity index is 1.60. The maximum Gasteiger partial charge on any atom is 0.254 e. The Morgan fingerprint density at radius 3 is 2.47 bits per heavy atom. The summed E-state index contributed by atoms with van der Waals surface area (Å²) in [6, 6.07) is 17.8. The molecule has 0 aromatic heterocycles. The van der Waals surface area contributed by atoms with Crippen LogP contribution in [0.1, 0.15) is 28.4 Å². The van der Waals surface area contributed by atoms with Crippen molar-refractivity contribution in [1.82, 2.24) is 4.90 Å². The van der Waals surface area contributed by atoms with Crippen LogP contribution in [0.2, 0.25) is 0 Å². The molecule has 6 heteroatoms. The van der Waals surface area contributed by atoms with Crippen LogP contribution >= 0.6 is 0 Å². The van der Waals surface area contributed by atoms with Crippen molar-refractivity contribution < 1.29 is 18.7 Å². The number of hydrogen-bond donors (Lipinski definition) is 1. The van der Waals surface area contributed by atoms with E-state index in [4.69, 9.17) is 0 Å². The molecule has 1 fully saturated rings. The Morgan fingerprint density at radius 2 is 1.75 bits per heavy atom. The minimum Gasteiger partial charge on any atom is -0.394 e. The van der Waals surface area contributed by atoms with Crippen molar-refractivity contribution in [3.05, 3.63) is 89.5 Å². The predicted octanol–water partition coefficient (Wildman–Crippen LogP) is 4.65. The average molecular weight is 434 g/mol. The van der Waals surface area contributed by atoms with Crippen LogP contribution in [-0.2, 0) is 0 Å². The summed E-state index contributed by atoms with van der Waals surface area (Å²) in [5, 5.41) is 10.1. The third-order valence-electron chi connectivity index (χ3n) is 6.86. The fraction of sp³-hybridized carbons (Fsp3) is 0.269. The molecular weight excluding hydrogens is 410 g/mol. The van der Waals surface area contributed by atoms with Crippen molar-refractivity contribution in [3.63, 3.8) is 0 Å². The Morgan fingerprint density at radius 1 is 1.00 bits per heavy atom. The quantitative estimate of drug-likeness (QED) is 0.653. The maximum absolute atomic E-state index is 13.8. The smallest absolute Gasteiger partial charge is 0.254 e. The number of likely N-dealkylation sites (tertiary alicyclic amines) is 1. The van der Waals surface area contributed by atoms with E-state index in [1.54, 1.807) is 24.3 Å². The Hall–Kier alpha value is -3.25. The van der Waals surface area contributed by atoms with Crippen molar-refractivity contribution in [2.24, 2.45) is 5.92 Å². The van der Waals surface area contributed by atoms with E-state index in [1.165, 1.54) is 24.3 Å². The zero-order chi connectivity index (χ0) is 22.4. The molecule has 0 saturated carbocycles. The Bertz CT molecular complexity index is 1160. The molecule has 3 aromatic carbocycles. The van der Waals surface area contributed by atoms with Gasteiger partial charge in [0.25, 0.3) is 5.91 Å². The van der Waals surface area contributed by atoms with E-state index in [9.17, 15) is 18.7 Å². The van der Waals surface area contributed by atoms with Crippen molar-refractivity contribution in [1.29, 1.82) is 0 Å². The number of likely N-dealkylation sites (N-methyl/N-ethyl adjacent to an activating group) is 1. The van der Waals surface area contributed by atoms with Gasteiger partial charge in [-0.15, -0.1) is 0 Å². The van der Waals surface area contributed by atoms with Crippen LogP contribution in [0.4, 0.5) is 14.5 Å². The summed E-state index contributed by atoms with van der Waals surface area (Å²) in [7, 11) is 1.96. The first kappa shape index (κ1) is 20.6. The number of carbonyl (C=O) groups excluding carboxylic acids is 1. The molecule has 0 unspecified atom stereocenters. The van der Waals surface area contributed by atoms with Crippen molar-refractivity contribution in [3.8, 4) is 11.1 Å². The highest BCUT2D eigenvalue weighted by Crippen LogP contribution is 2.49. The van der Waals surface area contributed by atoms with Crippen molar-refractivity contribution in [2.45, 2.75) is 18.5 Å². The predicted molar refractivity (Wildman–Crippen MR) is 119 cm³/mol. The third kappa shape index (κ3) is 3.35. The average Bonchev–Trinajstić information content (AvgIpc) is 3.24. The Labute approximate surface area is 185 Å². The molecule has 2 aliphatic heterocycles. The molecule has 32 heavy (non-hydrogen) atoms. The van der Waals surface area contributed by atoms with Gasteiger partial charge in [-0.2, -0.15) is 0 Å². The maximum atomic E-state index is 13.8. The summed E-state index contributed by atoms with van der Waals surface area (Å²) >= 11 is 0. The normalized spacial score (nSPS) is 21.9. The lowest BCUT2D eigenvalue weighted by molar-refractivity contribution is 0.0693. The number of aliphatic hydroxyl groups is 1. The molecule has 0 aliphatic carbocycles. The molecule has 5 rings (SSSR count). The molecular formula is C26H24F2N2O2. The monoisotopic (exact) mass is 434 g/mol. The topological polar surface area (TPSA) is 43.8 Å². The highest BCUT2D eigenvalue weighted by Gasteiger charge is 2.47. The van der Waals surface area contributed by atoms with Gasteiger partial charge in [-0.3, -0.25) is 4.79 Å².